The van der Waals surface area contributed by atoms with E-state index in [2.05, 4.69) is 4.98 Å². The molecule has 0 saturated carbocycles. The predicted molar refractivity (Wildman–Crippen MR) is 115 cm³/mol. The van der Waals surface area contributed by atoms with Gasteiger partial charge in [0.1, 0.15) is 5.82 Å². The SMILES string of the molecule is Cc1cc(C(N)=O)ccc1-n1c(CCC(=O)O)ccc1-c1ccc(-n2ccnc2C)o1. The van der Waals surface area contributed by atoms with E-state index in [1.807, 2.05) is 59.5 Å². The standard InChI is InChI=1S/C23H22N4O4/c1-14-13-16(23(24)30)3-6-18(14)27-17(5-10-22(28)29)4-7-19(27)20-8-9-21(31-20)26-12-11-25-15(26)2/h3-4,6-9,11-13H,5,10H2,1-2H3,(H2,24,30)(H,28,29). The summed E-state index contributed by atoms with van der Waals surface area (Å²) < 4.78 is 9.92. The minimum absolute atomic E-state index is 0.000490. The number of aliphatic carboxylic acids is 1. The number of aromatic nitrogens is 3. The van der Waals surface area contributed by atoms with E-state index < -0.39 is 11.9 Å². The van der Waals surface area contributed by atoms with Gasteiger partial charge < -0.3 is 19.8 Å². The number of carboxylic acids is 1. The van der Waals surface area contributed by atoms with Crippen molar-refractivity contribution in [1.29, 1.82) is 0 Å². The summed E-state index contributed by atoms with van der Waals surface area (Å²) >= 11 is 0. The molecule has 0 bridgehead atoms. The number of carbonyl (C=O) groups excluding carboxylic acids is 1. The molecule has 0 saturated heterocycles. The van der Waals surface area contributed by atoms with Crippen molar-refractivity contribution in [3.05, 3.63) is 77.5 Å². The van der Waals surface area contributed by atoms with Gasteiger partial charge >= 0.3 is 5.97 Å². The lowest BCUT2D eigenvalue weighted by molar-refractivity contribution is -0.136. The van der Waals surface area contributed by atoms with Gasteiger partial charge in [0, 0.05) is 35.4 Å². The minimum atomic E-state index is -0.869. The number of rotatable bonds is 7. The third-order valence-electron chi connectivity index (χ3n) is 5.19. The Morgan fingerprint density at radius 2 is 1.94 bits per heavy atom. The lowest BCUT2D eigenvalue weighted by Gasteiger charge is -2.16. The van der Waals surface area contributed by atoms with Gasteiger partial charge in [-0.25, -0.2) is 4.98 Å². The molecule has 0 spiro atoms. The molecule has 4 aromatic rings. The molecule has 0 fully saturated rings. The van der Waals surface area contributed by atoms with Crippen LogP contribution < -0.4 is 5.73 Å². The number of carboxylic acid groups (broad SMARTS) is 1. The molecule has 31 heavy (non-hydrogen) atoms. The number of imidazole rings is 1. The fraction of sp³-hybridized carbons (Fsp3) is 0.174. The second-order valence-electron chi connectivity index (χ2n) is 7.29. The normalized spacial score (nSPS) is 11.0. The van der Waals surface area contributed by atoms with Crippen LogP contribution in [-0.2, 0) is 11.2 Å². The van der Waals surface area contributed by atoms with Gasteiger partial charge in [0.25, 0.3) is 0 Å². The molecule has 0 aliphatic heterocycles. The van der Waals surface area contributed by atoms with Gasteiger partial charge in [-0.3, -0.25) is 14.2 Å². The van der Waals surface area contributed by atoms with Crippen LogP contribution in [0.25, 0.3) is 23.0 Å². The minimum Gasteiger partial charge on any atom is -0.481 e. The molecule has 0 unspecified atom stereocenters. The average molecular weight is 418 g/mol. The number of furan rings is 1. The summed E-state index contributed by atoms with van der Waals surface area (Å²) in [6.07, 6.45) is 3.87. The molecule has 0 atom stereocenters. The van der Waals surface area contributed by atoms with Crippen molar-refractivity contribution >= 4 is 11.9 Å². The third-order valence-corrected chi connectivity index (χ3v) is 5.19. The van der Waals surface area contributed by atoms with Crippen LogP contribution in [0.1, 0.15) is 33.9 Å². The highest BCUT2D eigenvalue weighted by Gasteiger charge is 2.18. The number of primary amides is 1. The first-order chi connectivity index (χ1) is 14.8. The van der Waals surface area contributed by atoms with E-state index in [4.69, 9.17) is 15.3 Å². The average Bonchev–Trinajstić information content (AvgIpc) is 3.45. The molecule has 0 radical (unpaired) electrons. The molecular formula is C23H22N4O4. The van der Waals surface area contributed by atoms with E-state index in [1.54, 1.807) is 18.3 Å². The number of aryl methyl sites for hydroxylation is 3. The zero-order valence-electron chi connectivity index (χ0n) is 17.2. The number of nitrogens with two attached hydrogens (primary N) is 1. The Hall–Kier alpha value is -4.07. The number of amides is 1. The van der Waals surface area contributed by atoms with Crippen molar-refractivity contribution in [3.8, 4) is 23.0 Å². The maximum atomic E-state index is 11.6. The lowest BCUT2D eigenvalue weighted by Crippen LogP contribution is -2.12. The predicted octanol–water partition coefficient (Wildman–Crippen LogP) is 3.66. The maximum Gasteiger partial charge on any atom is 0.303 e. The van der Waals surface area contributed by atoms with Crippen LogP contribution in [-0.4, -0.2) is 31.1 Å². The highest BCUT2D eigenvalue weighted by Crippen LogP contribution is 2.31. The Morgan fingerprint density at radius 1 is 1.13 bits per heavy atom. The number of carbonyl (C=O) groups is 2. The van der Waals surface area contributed by atoms with Crippen LogP contribution in [0.3, 0.4) is 0 Å². The maximum absolute atomic E-state index is 11.6. The van der Waals surface area contributed by atoms with Gasteiger partial charge in [-0.2, -0.15) is 0 Å². The second kappa shape index (κ2) is 7.98. The second-order valence-corrected chi connectivity index (χ2v) is 7.29. The van der Waals surface area contributed by atoms with Crippen molar-refractivity contribution in [2.45, 2.75) is 26.7 Å². The van der Waals surface area contributed by atoms with Gasteiger partial charge in [0.15, 0.2) is 5.76 Å². The van der Waals surface area contributed by atoms with E-state index in [1.165, 1.54) is 0 Å². The molecule has 158 valence electrons. The first-order valence-corrected chi connectivity index (χ1v) is 9.79. The van der Waals surface area contributed by atoms with Gasteiger partial charge in [0.05, 0.1) is 12.1 Å². The van der Waals surface area contributed by atoms with Crippen molar-refractivity contribution in [2.75, 3.05) is 0 Å². The fourth-order valence-corrected chi connectivity index (χ4v) is 3.65. The van der Waals surface area contributed by atoms with Crippen molar-refractivity contribution in [3.63, 3.8) is 0 Å². The highest BCUT2D eigenvalue weighted by atomic mass is 16.4. The number of hydrogen-bond donors (Lipinski definition) is 2. The molecule has 8 heteroatoms. The molecule has 3 aromatic heterocycles. The molecule has 0 aliphatic carbocycles. The summed E-state index contributed by atoms with van der Waals surface area (Å²) in [5, 5.41) is 9.16. The highest BCUT2D eigenvalue weighted by molar-refractivity contribution is 5.93. The summed E-state index contributed by atoms with van der Waals surface area (Å²) in [6.45, 7) is 3.77. The van der Waals surface area contributed by atoms with Gasteiger partial charge in [-0.05, 0) is 62.2 Å². The summed E-state index contributed by atoms with van der Waals surface area (Å²) in [6, 6.07) is 12.7. The monoisotopic (exact) mass is 418 g/mol. The summed E-state index contributed by atoms with van der Waals surface area (Å²) in [7, 11) is 0. The molecule has 3 heterocycles. The Balaban J connectivity index is 1.83. The largest absolute Gasteiger partial charge is 0.481 e. The van der Waals surface area contributed by atoms with Crippen LogP contribution in [0, 0.1) is 13.8 Å². The van der Waals surface area contributed by atoms with Crippen LogP contribution in [0.5, 0.6) is 0 Å². The third kappa shape index (κ3) is 3.87. The molecule has 1 aromatic carbocycles. The number of hydrogen-bond acceptors (Lipinski definition) is 4. The van der Waals surface area contributed by atoms with E-state index in [-0.39, 0.29) is 6.42 Å². The first-order valence-electron chi connectivity index (χ1n) is 9.79. The Kier molecular flexibility index (Phi) is 5.21. The number of benzene rings is 1. The van der Waals surface area contributed by atoms with E-state index >= 15 is 0 Å². The van der Waals surface area contributed by atoms with Crippen molar-refractivity contribution in [2.24, 2.45) is 5.73 Å². The van der Waals surface area contributed by atoms with Crippen LogP contribution in [0.2, 0.25) is 0 Å². The molecular weight excluding hydrogens is 396 g/mol. The number of nitrogens with zero attached hydrogens (tertiary/aromatic N) is 3. The molecule has 0 aliphatic rings. The zero-order valence-corrected chi connectivity index (χ0v) is 17.2. The first kappa shape index (κ1) is 20.2. The Labute approximate surface area is 178 Å². The van der Waals surface area contributed by atoms with Crippen LogP contribution in [0.4, 0.5) is 0 Å². The quantitative estimate of drug-likeness (QED) is 0.475. The molecule has 8 nitrogen and oxygen atoms in total. The fourth-order valence-electron chi connectivity index (χ4n) is 3.65. The smallest absolute Gasteiger partial charge is 0.303 e. The summed E-state index contributed by atoms with van der Waals surface area (Å²) in [4.78, 5) is 26.9. The van der Waals surface area contributed by atoms with Crippen molar-refractivity contribution in [1.82, 2.24) is 14.1 Å². The Morgan fingerprint density at radius 3 is 2.58 bits per heavy atom. The zero-order chi connectivity index (χ0) is 22.1. The molecule has 1 amide bonds. The van der Waals surface area contributed by atoms with Crippen molar-refractivity contribution < 1.29 is 19.1 Å². The summed E-state index contributed by atoms with van der Waals surface area (Å²) in [5.41, 5.74) is 9.08. The van der Waals surface area contributed by atoms with Gasteiger partial charge in [0.2, 0.25) is 11.8 Å². The van der Waals surface area contributed by atoms with Gasteiger partial charge in [-0.1, -0.05) is 0 Å². The molecule has 4 rings (SSSR count). The lowest BCUT2D eigenvalue weighted by atomic mass is 10.1. The molecule has 3 N–H and O–H groups in total. The van der Waals surface area contributed by atoms with E-state index in [0.717, 1.165) is 28.5 Å². The van der Waals surface area contributed by atoms with E-state index in [9.17, 15) is 9.59 Å². The topological polar surface area (TPSA) is 116 Å². The summed E-state index contributed by atoms with van der Waals surface area (Å²) in [5.74, 6) is 0.691. The van der Waals surface area contributed by atoms with Crippen LogP contribution >= 0.6 is 0 Å². The van der Waals surface area contributed by atoms with E-state index in [0.29, 0.717) is 23.6 Å². The van der Waals surface area contributed by atoms with Gasteiger partial charge in [-0.15, -0.1) is 0 Å². The van der Waals surface area contributed by atoms with Crippen LogP contribution in [0.15, 0.2) is 59.3 Å². The Bertz CT molecular complexity index is 1280.